The first-order valence-corrected chi connectivity index (χ1v) is 3.54. The minimum atomic E-state index is -0.791. The Morgan fingerprint density at radius 2 is 1.86 bits per heavy atom. The van der Waals surface area contributed by atoms with Crippen molar-refractivity contribution in [1.29, 1.82) is 0 Å². The number of urea groups is 2. The number of nitrogens with zero attached hydrogens (tertiary/aromatic N) is 2. The highest BCUT2D eigenvalue weighted by Crippen LogP contribution is 2.04. The molecule has 14 heavy (non-hydrogen) atoms. The lowest BCUT2D eigenvalue weighted by atomic mass is 10.6. The van der Waals surface area contributed by atoms with Crippen molar-refractivity contribution in [2.24, 2.45) is 11.5 Å². The van der Waals surface area contributed by atoms with Gasteiger partial charge in [0, 0.05) is 6.20 Å². The molecule has 4 amide bonds. The van der Waals surface area contributed by atoms with Crippen molar-refractivity contribution in [2.45, 2.75) is 0 Å². The summed E-state index contributed by atoms with van der Waals surface area (Å²) in [5, 5.41) is 4.36. The highest BCUT2D eigenvalue weighted by atomic mass is 16.2. The smallest absolute Gasteiger partial charge is 0.319 e. The van der Waals surface area contributed by atoms with E-state index in [1.54, 1.807) is 0 Å². The highest BCUT2D eigenvalue weighted by molar-refractivity contribution is 5.88. The zero-order valence-electron chi connectivity index (χ0n) is 7.02. The van der Waals surface area contributed by atoms with E-state index >= 15 is 0 Å². The summed E-state index contributed by atoms with van der Waals surface area (Å²) in [5.74, 6) is 0.167. The third-order valence-electron chi connectivity index (χ3n) is 1.14. The van der Waals surface area contributed by atoms with Gasteiger partial charge in [-0.3, -0.25) is 10.6 Å². The molecule has 0 fully saturated rings. The van der Waals surface area contributed by atoms with Crippen LogP contribution in [-0.4, -0.2) is 22.0 Å². The maximum atomic E-state index is 10.4. The molecule has 1 rings (SSSR count). The number of carbonyl (C=O) groups is 2. The van der Waals surface area contributed by atoms with Gasteiger partial charge in [0.05, 0.1) is 0 Å². The summed E-state index contributed by atoms with van der Waals surface area (Å²) < 4.78 is 0. The predicted molar refractivity (Wildman–Crippen MR) is 48.4 cm³/mol. The van der Waals surface area contributed by atoms with E-state index in [-0.39, 0.29) is 11.8 Å². The molecule has 6 N–H and O–H groups in total. The maximum absolute atomic E-state index is 10.4. The van der Waals surface area contributed by atoms with Gasteiger partial charge in [-0.25, -0.2) is 14.6 Å². The first kappa shape index (κ1) is 9.71. The predicted octanol–water partition coefficient (Wildman–Crippen LogP) is -0.542. The second-order valence-corrected chi connectivity index (χ2v) is 2.24. The van der Waals surface area contributed by atoms with Gasteiger partial charge in [0.25, 0.3) is 0 Å². The molecule has 0 radical (unpaired) electrons. The number of anilines is 2. The normalized spacial score (nSPS) is 9.14. The van der Waals surface area contributed by atoms with Crippen molar-refractivity contribution >= 4 is 23.8 Å². The van der Waals surface area contributed by atoms with Gasteiger partial charge in [-0.2, -0.15) is 4.98 Å². The second kappa shape index (κ2) is 4.03. The van der Waals surface area contributed by atoms with Crippen molar-refractivity contribution in [3.63, 3.8) is 0 Å². The number of nitrogens with one attached hydrogen (secondary N) is 2. The number of amides is 4. The molecule has 1 heterocycles. The van der Waals surface area contributed by atoms with E-state index in [4.69, 9.17) is 11.5 Å². The van der Waals surface area contributed by atoms with Crippen LogP contribution < -0.4 is 22.1 Å². The molecule has 1 aromatic rings. The standard InChI is InChI=1S/C6H8N6O2/c7-4(13)10-3-1-2-9-6(11-3)12-5(8)14/h1-2H,(H6,7,8,9,10,11,12,13,14). The van der Waals surface area contributed by atoms with Crippen LogP contribution in [0.5, 0.6) is 0 Å². The van der Waals surface area contributed by atoms with Crippen LogP contribution in [0.4, 0.5) is 21.4 Å². The number of hydrogen-bond acceptors (Lipinski definition) is 4. The van der Waals surface area contributed by atoms with Crippen molar-refractivity contribution in [2.75, 3.05) is 10.6 Å². The Morgan fingerprint density at radius 1 is 1.21 bits per heavy atom. The number of carbonyl (C=O) groups excluding carboxylic acids is 2. The van der Waals surface area contributed by atoms with E-state index < -0.39 is 12.1 Å². The van der Waals surface area contributed by atoms with Gasteiger partial charge in [-0.05, 0) is 6.07 Å². The Labute approximate surface area is 78.7 Å². The summed E-state index contributed by atoms with van der Waals surface area (Å²) in [6, 6.07) is -0.133. The van der Waals surface area contributed by atoms with Crippen LogP contribution >= 0.6 is 0 Å². The first-order valence-electron chi connectivity index (χ1n) is 3.54. The zero-order chi connectivity index (χ0) is 10.6. The van der Waals surface area contributed by atoms with Crippen molar-refractivity contribution in [3.8, 4) is 0 Å². The summed E-state index contributed by atoms with van der Waals surface area (Å²) >= 11 is 0. The molecule has 0 saturated heterocycles. The van der Waals surface area contributed by atoms with Gasteiger partial charge in [0.15, 0.2) is 0 Å². The lowest BCUT2D eigenvalue weighted by Gasteiger charge is -2.02. The van der Waals surface area contributed by atoms with Gasteiger partial charge in [0.2, 0.25) is 5.95 Å². The second-order valence-electron chi connectivity index (χ2n) is 2.24. The third-order valence-corrected chi connectivity index (χ3v) is 1.14. The maximum Gasteiger partial charge on any atom is 0.319 e. The number of aromatic nitrogens is 2. The Hall–Kier alpha value is -2.38. The summed E-state index contributed by atoms with van der Waals surface area (Å²) in [7, 11) is 0. The van der Waals surface area contributed by atoms with E-state index in [0.717, 1.165) is 0 Å². The minimum absolute atomic E-state index is 0.0104. The molecule has 0 aromatic carbocycles. The topological polar surface area (TPSA) is 136 Å². The fourth-order valence-corrected chi connectivity index (χ4v) is 0.725. The van der Waals surface area contributed by atoms with Gasteiger partial charge in [-0.1, -0.05) is 0 Å². The van der Waals surface area contributed by atoms with Crippen LogP contribution in [-0.2, 0) is 0 Å². The van der Waals surface area contributed by atoms with Crippen LogP contribution in [0.25, 0.3) is 0 Å². The van der Waals surface area contributed by atoms with Gasteiger partial charge >= 0.3 is 12.1 Å². The van der Waals surface area contributed by atoms with E-state index in [1.807, 2.05) is 0 Å². The molecule has 0 unspecified atom stereocenters. The lowest BCUT2D eigenvalue weighted by molar-refractivity contribution is 0.258. The largest absolute Gasteiger partial charge is 0.351 e. The molecular formula is C6H8N6O2. The SMILES string of the molecule is NC(=O)Nc1ccnc(NC(N)=O)n1. The van der Waals surface area contributed by atoms with Gasteiger partial charge in [0.1, 0.15) is 5.82 Å². The molecule has 0 bridgehead atoms. The highest BCUT2D eigenvalue weighted by Gasteiger charge is 2.02. The molecule has 0 aliphatic carbocycles. The average Bonchev–Trinajstić information content (AvgIpc) is 2.01. The van der Waals surface area contributed by atoms with Crippen LogP contribution in [0.1, 0.15) is 0 Å². The number of rotatable bonds is 2. The monoisotopic (exact) mass is 196 g/mol. The molecule has 0 atom stereocenters. The summed E-state index contributed by atoms with van der Waals surface area (Å²) in [5.41, 5.74) is 9.69. The molecular weight excluding hydrogens is 188 g/mol. The molecule has 8 heteroatoms. The van der Waals surface area contributed by atoms with E-state index in [0.29, 0.717) is 0 Å². The van der Waals surface area contributed by atoms with Crippen LogP contribution in [0.3, 0.4) is 0 Å². The van der Waals surface area contributed by atoms with Gasteiger partial charge in [-0.15, -0.1) is 0 Å². The van der Waals surface area contributed by atoms with Crippen molar-refractivity contribution in [3.05, 3.63) is 12.3 Å². The minimum Gasteiger partial charge on any atom is -0.351 e. The number of hydrogen-bond donors (Lipinski definition) is 4. The lowest BCUT2D eigenvalue weighted by Crippen LogP contribution is -2.23. The number of primary amides is 2. The number of nitrogens with two attached hydrogens (primary N) is 2. The molecule has 0 spiro atoms. The molecule has 8 nitrogen and oxygen atoms in total. The fraction of sp³-hybridized carbons (Fsp3) is 0. The molecule has 0 aliphatic heterocycles. The van der Waals surface area contributed by atoms with Gasteiger partial charge < -0.3 is 11.5 Å². The third kappa shape index (κ3) is 2.93. The van der Waals surface area contributed by atoms with Crippen LogP contribution in [0.15, 0.2) is 12.3 Å². The quantitative estimate of drug-likeness (QED) is 0.504. The first-order chi connectivity index (χ1) is 6.58. The van der Waals surface area contributed by atoms with Crippen molar-refractivity contribution < 1.29 is 9.59 Å². The van der Waals surface area contributed by atoms with E-state index in [1.165, 1.54) is 12.3 Å². The zero-order valence-corrected chi connectivity index (χ0v) is 7.02. The summed E-state index contributed by atoms with van der Waals surface area (Å²) in [4.78, 5) is 28.3. The molecule has 74 valence electrons. The molecule has 0 saturated carbocycles. The Balaban J connectivity index is 2.78. The van der Waals surface area contributed by atoms with E-state index in [2.05, 4.69) is 20.6 Å². The summed E-state index contributed by atoms with van der Waals surface area (Å²) in [6.45, 7) is 0. The molecule has 0 aliphatic rings. The Kier molecular flexibility index (Phi) is 2.79. The van der Waals surface area contributed by atoms with Crippen LogP contribution in [0.2, 0.25) is 0 Å². The average molecular weight is 196 g/mol. The summed E-state index contributed by atoms with van der Waals surface area (Å²) in [6.07, 6.45) is 1.34. The Morgan fingerprint density at radius 3 is 2.43 bits per heavy atom. The fourth-order valence-electron chi connectivity index (χ4n) is 0.725. The van der Waals surface area contributed by atoms with Crippen LogP contribution in [0, 0.1) is 0 Å². The Bertz CT molecular complexity index is 334. The van der Waals surface area contributed by atoms with E-state index in [9.17, 15) is 9.59 Å². The van der Waals surface area contributed by atoms with Crippen molar-refractivity contribution in [1.82, 2.24) is 9.97 Å². The molecule has 1 aromatic heterocycles.